The van der Waals surface area contributed by atoms with Crippen LogP contribution in [0, 0.1) is 13.8 Å². The van der Waals surface area contributed by atoms with Crippen molar-refractivity contribution >= 4 is 39.1 Å². The molecule has 0 aromatic heterocycles. The first-order valence-corrected chi connectivity index (χ1v) is 6.98. The molecule has 2 aromatic carbocycles. The number of amides is 1. The lowest BCUT2D eigenvalue weighted by atomic mass is 10.1. The lowest BCUT2D eigenvalue weighted by molar-refractivity contribution is 0.102. The Balaban J connectivity index is 2.20. The van der Waals surface area contributed by atoms with E-state index >= 15 is 0 Å². The summed E-state index contributed by atoms with van der Waals surface area (Å²) in [5, 5.41) is 3.53. The van der Waals surface area contributed by atoms with E-state index in [1.807, 2.05) is 32.0 Å². The van der Waals surface area contributed by atoms with E-state index in [-0.39, 0.29) is 5.91 Å². The van der Waals surface area contributed by atoms with Crippen LogP contribution in [0.5, 0.6) is 0 Å². The summed E-state index contributed by atoms with van der Waals surface area (Å²) in [6.07, 6.45) is 0. The van der Waals surface area contributed by atoms with Crippen molar-refractivity contribution in [1.82, 2.24) is 0 Å². The van der Waals surface area contributed by atoms with Crippen LogP contribution < -0.4 is 5.32 Å². The zero-order chi connectivity index (χ0) is 14.0. The largest absolute Gasteiger partial charge is 0.322 e. The minimum atomic E-state index is -0.138. The molecule has 0 saturated heterocycles. The Morgan fingerprint density at radius 3 is 2.47 bits per heavy atom. The molecule has 0 aliphatic rings. The van der Waals surface area contributed by atoms with Crippen molar-refractivity contribution in [3.8, 4) is 0 Å². The van der Waals surface area contributed by atoms with Crippen molar-refractivity contribution in [2.24, 2.45) is 0 Å². The van der Waals surface area contributed by atoms with Gasteiger partial charge in [0.05, 0.1) is 0 Å². The van der Waals surface area contributed by atoms with Gasteiger partial charge in [0.1, 0.15) is 0 Å². The summed E-state index contributed by atoms with van der Waals surface area (Å²) in [5.74, 6) is -0.138. The maximum Gasteiger partial charge on any atom is 0.255 e. The Bertz CT molecular complexity index is 640. The Labute approximate surface area is 125 Å². The van der Waals surface area contributed by atoms with E-state index in [0.29, 0.717) is 10.6 Å². The predicted octanol–water partition coefficient (Wildman–Crippen LogP) is 4.97. The van der Waals surface area contributed by atoms with Gasteiger partial charge in [-0.1, -0.05) is 27.5 Å². The molecule has 0 heterocycles. The van der Waals surface area contributed by atoms with Gasteiger partial charge < -0.3 is 5.32 Å². The molecule has 0 unspecified atom stereocenters. The second-order valence-corrected chi connectivity index (χ2v) is 5.64. The van der Waals surface area contributed by atoms with E-state index in [0.717, 1.165) is 21.3 Å². The summed E-state index contributed by atoms with van der Waals surface area (Å²) in [6.45, 7) is 3.86. The highest BCUT2D eigenvalue weighted by Gasteiger charge is 2.08. The van der Waals surface area contributed by atoms with Crippen LogP contribution in [0.3, 0.4) is 0 Å². The lowest BCUT2D eigenvalue weighted by Crippen LogP contribution is -2.12. The normalized spacial score (nSPS) is 10.3. The number of carbonyl (C=O) groups is 1. The van der Waals surface area contributed by atoms with Gasteiger partial charge in [0.25, 0.3) is 5.91 Å². The van der Waals surface area contributed by atoms with Gasteiger partial charge in [-0.05, 0) is 61.4 Å². The van der Waals surface area contributed by atoms with Crippen LogP contribution in [0.1, 0.15) is 21.5 Å². The van der Waals surface area contributed by atoms with E-state index in [1.54, 1.807) is 18.2 Å². The smallest absolute Gasteiger partial charge is 0.255 e. The van der Waals surface area contributed by atoms with Gasteiger partial charge in [-0.2, -0.15) is 0 Å². The van der Waals surface area contributed by atoms with Gasteiger partial charge in [0.2, 0.25) is 0 Å². The molecule has 0 saturated carbocycles. The van der Waals surface area contributed by atoms with Gasteiger partial charge in [0.15, 0.2) is 0 Å². The molecular weight excluding hydrogens is 326 g/mol. The molecule has 0 atom stereocenters. The third kappa shape index (κ3) is 3.37. The number of hydrogen-bond acceptors (Lipinski definition) is 1. The first kappa shape index (κ1) is 14.1. The maximum atomic E-state index is 12.1. The van der Waals surface area contributed by atoms with Gasteiger partial charge in [-0.15, -0.1) is 0 Å². The molecule has 0 aliphatic heterocycles. The molecule has 2 nitrogen and oxygen atoms in total. The van der Waals surface area contributed by atoms with Crippen molar-refractivity contribution in [3.63, 3.8) is 0 Å². The van der Waals surface area contributed by atoms with E-state index in [1.165, 1.54) is 0 Å². The van der Waals surface area contributed by atoms with Gasteiger partial charge in [-0.3, -0.25) is 4.79 Å². The fourth-order valence-corrected chi connectivity index (χ4v) is 2.08. The predicted molar refractivity (Wildman–Crippen MR) is 83.0 cm³/mol. The topological polar surface area (TPSA) is 29.1 Å². The van der Waals surface area contributed by atoms with Crippen molar-refractivity contribution in [2.75, 3.05) is 5.32 Å². The minimum Gasteiger partial charge on any atom is -0.322 e. The van der Waals surface area contributed by atoms with Gasteiger partial charge in [0, 0.05) is 20.7 Å². The number of anilines is 1. The van der Waals surface area contributed by atoms with E-state index < -0.39 is 0 Å². The molecule has 0 fully saturated rings. The number of nitrogens with one attached hydrogen (secondary N) is 1. The molecule has 0 radical (unpaired) electrons. The number of benzene rings is 2. The third-order valence-corrected chi connectivity index (χ3v) is 4.15. The highest BCUT2D eigenvalue weighted by Crippen LogP contribution is 2.21. The van der Waals surface area contributed by atoms with E-state index in [4.69, 9.17) is 11.6 Å². The molecular formula is C15H13BrClNO. The van der Waals surface area contributed by atoms with Crippen LogP contribution >= 0.6 is 27.5 Å². The summed E-state index contributed by atoms with van der Waals surface area (Å²) in [4.78, 5) is 12.1. The minimum absolute atomic E-state index is 0.138. The number of carbonyl (C=O) groups excluding carboxylic acids is 1. The fourth-order valence-electron chi connectivity index (χ4n) is 1.71. The molecule has 1 amide bonds. The van der Waals surface area contributed by atoms with Crippen LogP contribution in [-0.4, -0.2) is 5.91 Å². The zero-order valence-corrected chi connectivity index (χ0v) is 13.0. The zero-order valence-electron chi connectivity index (χ0n) is 10.6. The summed E-state index contributed by atoms with van der Waals surface area (Å²) in [5.41, 5.74) is 3.34. The highest BCUT2D eigenvalue weighted by molar-refractivity contribution is 9.10. The molecule has 98 valence electrons. The molecule has 1 N–H and O–H groups in total. The molecule has 19 heavy (non-hydrogen) atoms. The average Bonchev–Trinajstić information content (AvgIpc) is 2.37. The van der Waals surface area contributed by atoms with Gasteiger partial charge >= 0.3 is 0 Å². The van der Waals surface area contributed by atoms with Crippen molar-refractivity contribution in [2.45, 2.75) is 13.8 Å². The number of aryl methyl sites for hydroxylation is 2. The quantitative estimate of drug-likeness (QED) is 0.823. The van der Waals surface area contributed by atoms with Crippen LogP contribution in [0.15, 0.2) is 40.9 Å². The average molecular weight is 339 g/mol. The van der Waals surface area contributed by atoms with Crippen LogP contribution in [0.25, 0.3) is 0 Å². The SMILES string of the molecule is Cc1cc(C(=O)Nc2ccc(Br)c(C)c2)ccc1Cl. The first-order chi connectivity index (χ1) is 8.97. The second kappa shape index (κ2) is 5.76. The molecule has 0 bridgehead atoms. The molecule has 0 spiro atoms. The Morgan fingerprint density at radius 2 is 1.84 bits per heavy atom. The summed E-state index contributed by atoms with van der Waals surface area (Å²) in [7, 11) is 0. The van der Waals surface area contributed by atoms with Crippen LogP contribution in [-0.2, 0) is 0 Å². The van der Waals surface area contributed by atoms with Gasteiger partial charge in [-0.25, -0.2) is 0 Å². The first-order valence-electron chi connectivity index (χ1n) is 5.81. The Hall–Kier alpha value is -1.32. The molecule has 0 aliphatic carbocycles. The molecule has 2 aromatic rings. The van der Waals surface area contributed by atoms with E-state index in [9.17, 15) is 4.79 Å². The standard InChI is InChI=1S/C15H13BrClNO/c1-9-8-12(4-5-13(9)16)18-15(19)11-3-6-14(17)10(2)7-11/h3-8H,1-2H3,(H,18,19). The van der Waals surface area contributed by atoms with E-state index in [2.05, 4.69) is 21.2 Å². The summed E-state index contributed by atoms with van der Waals surface area (Å²) >= 11 is 9.38. The number of halogens is 2. The number of rotatable bonds is 2. The maximum absolute atomic E-state index is 12.1. The summed E-state index contributed by atoms with van der Waals surface area (Å²) < 4.78 is 1.02. The second-order valence-electron chi connectivity index (χ2n) is 4.38. The summed E-state index contributed by atoms with van der Waals surface area (Å²) in [6, 6.07) is 10.9. The lowest BCUT2D eigenvalue weighted by Gasteiger charge is -2.08. The molecule has 4 heteroatoms. The monoisotopic (exact) mass is 337 g/mol. The third-order valence-electron chi connectivity index (χ3n) is 2.84. The van der Waals surface area contributed by atoms with Crippen LogP contribution in [0.2, 0.25) is 5.02 Å². The molecule has 2 rings (SSSR count). The Kier molecular flexibility index (Phi) is 4.27. The van der Waals surface area contributed by atoms with Crippen LogP contribution in [0.4, 0.5) is 5.69 Å². The number of hydrogen-bond donors (Lipinski definition) is 1. The fraction of sp³-hybridized carbons (Fsp3) is 0.133. The highest BCUT2D eigenvalue weighted by atomic mass is 79.9. The van der Waals surface area contributed by atoms with Crippen molar-refractivity contribution < 1.29 is 4.79 Å². The van der Waals surface area contributed by atoms with Crippen molar-refractivity contribution in [1.29, 1.82) is 0 Å². The Morgan fingerprint density at radius 1 is 1.11 bits per heavy atom. The van der Waals surface area contributed by atoms with Crippen molar-refractivity contribution in [3.05, 3.63) is 62.6 Å².